The maximum absolute atomic E-state index is 8.63. The molecule has 0 amide bonds. The molecular weight excluding hydrogens is 168 g/mol. The van der Waals surface area contributed by atoms with Crippen LogP contribution < -0.4 is 4.74 Å². The van der Waals surface area contributed by atoms with Gasteiger partial charge in [-0.05, 0) is 25.0 Å². The second kappa shape index (κ2) is 4.25. The van der Waals surface area contributed by atoms with Crippen LogP contribution in [0.5, 0.6) is 5.75 Å². The van der Waals surface area contributed by atoms with E-state index in [9.17, 15) is 0 Å². The van der Waals surface area contributed by atoms with Crippen LogP contribution in [0.25, 0.3) is 0 Å². The molecule has 72 valence electrons. The average Bonchev–Trinajstić information content (AvgIpc) is 2.03. The Labute approximate surface area is 77.6 Å². The number of aryl methyl sites for hydroxylation is 2. The van der Waals surface area contributed by atoms with E-state index >= 15 is 0 Å². The molecule has 0 saturated heterocycles. The van der Waals surface area contributed by atoms with Gasteiger partial charge in [0.15, 0.2) is 6.29 Å². The highest BCUT2D eigenvalue weighted by atomic mass is 16.5. The molecular formula is C10H14O3. The van der Waals surface area contributed by atoms with E-state index in [4.69, 9.17) is 14.9 Å². The van der Waals surface area contributed by atoms with Crippen LogP contribution in [0.4, 0.5) is 0 Å². The van der Waals surface area contributed by atoms with E-state index in [-0.39, 0.29) is 6.61 Å². The lowest BCUT2D eigenvalue weighted by Gasteiger charge is -2.12. The fraction of sp³-hybridized carbons (Fsp3) is 0.400. The second-order valence-electron chi connectivity index (χ2n) is 3.01. The van der Waals surface area contributed by atoms with E-state index in [0.717, 1.165) is 16.9 Å². The molecule has 0 atom stereocenters. The van der Waals surface area contributed by atoms with Gasteiger partial charge in [-0.3, -0.25) is 0 Å². The van der Waals surface area contributed by atoms with Gasteiger partial charge in [0.25, 0.3) is 0 Å². The number of benzene rings is 1. The van der Waals surface area contributed by atoms with Crippen LogP contribution in [0, 0.1) is 13.8 Å². The molecule has 3 heteroatoms. The molecule has 2 N–H and O–H groups in total. The molecule has 0 bridgehead atoms. The van der Waals surface area contributed by atoms with Crippen LogP contribution in [0.1, 0.15) is 11.1 Å². The molecule has 13 heavy (non-hydrogen) atoms. The maximum atomic E-state index is 8.63. The maximum Gasteiger partial charge on any atom is 0.186 e. The molecule has 0 aliphatic rings. The minimum absolute atomic E-state index is 0.0916. The summed E-state index contributed by atoms with van der Waals surface area (Å²) in [4.78, 5) is 0. The molecule has 0 radical (unpaired) electrons. The summed E-state index contributed by atoms with van der Waals surface area (Å²) in [7, 11) is 0. The molecule has 1 rings (SSSR count). The first-order chi connectivity index (χ1) is 6.11. The number of hydrogen-bond donors (Lipinski definition) is 2. The smallest absolute Gasteiger partial charge is 0.186 e. The standard InChI is InChI=1S/C10H14O3/c1-7-4-3-5-8(2)10(7)13-6-9(11)12/h3-5,9,11-12H,6H2,1-2H3. The molecule has 0 aromatic heterocycles. The zero-order valence-corrected chi connectivity index (χ0v) is 7.82. The molecule has 0 aliphatic heterocycles. The molecule has 0 fully saturated rings. The number of aliphatic hydroxyl groups is 2. The van der Waals surface area contributed by atoms with Crippen molar-refractivity contribution in [3.05, 3.63) is 29.3 Å². The average molecular weight is 182 g/mol. The van der Waals surface area contributed by atoms with Gasteiger partial charge in [-0.2, -0.15) is 0 Å². The summed E-state index contributed by atoms with van der Waals surface area (Å²) >= 11 is 0. The van der Waals surface area contributed by atoms with E-state index in [2.05, 4.69) is 0 Å². The highest BCUT2D eigenvalue weighted by Gasteiger charge is 2.04. The van der Waals surface area contributed by atoms with Crippen molar-refractivity contribution in [3.8, 4) is 5.75 Å². The van der Waals surface area contributed by atoms with Crippen molar-refractivity contribution in [2.45, 2.75) is 20.1 Å². The number of hydrogen-bond acceptors (Lipinski definition) is 3. The summed E-state index contributed by atoms with van der Waals surface area (Å²) in [5, 5.41) is 17.3. The quantitative estimate of drug-likeness (QED) is 0.685. The van der Waals surface area contributed by atoms with Gasteiger partial charge in [-0.1, -0.05) is 18.2 Å². The molecule has 0 saturated carbocycles. The number of ether oxygens (including phenoxy) is 1. The van der Waals surface area contributed by atoms with E-state index in [0.29, 0.717) is 0 Å². The Bertz CT molecular complexity index is 261. The van der Waals surface area contributed by atoms with Crippen molar-refractivity contribution in [1.82, 2.24) is 0 Å². The third kappa shape index (κ3) is 2.72. The van der Waals surface area contributed by atoms with Crippen LogP contribution in [-0.4, -0.2) is 23.1 Å². The van der Waals surface area contributed by atoms with Gasteiger partial charge < -0.3 is 14.9 Å². The molecule has 0 unspecified atom stereocenters. The van der Waals surface area contributed by atoms with Crippen LogP contribution in [0.3, 0.4) is 0 Å². The summed E-state index contributed by atoms with van der Waals surface area (Å²) in [5.41, 5.74) is 2.00. The highest BCUT2D eigenvalue weighted by Crippen LogP contribution is 2.22. The van der Waals surface area contributed by atoms with Crippen LogP contribution in [-0.2, 0) is 0 Å². The van der Waals surface area contributed by atoms with Gasteiger partial charge in [-0.15, -0.1) is 0 Å². The molecule has 1 aromatic carbocycles. The zero-order valence-electron chi connectivity index (χ0n) is 7.82. The Kier molecular flexibility index (Phi) is 3.28. The number of aliphatic hydroxyl groups excluding tert-OH is 1. The third-order valence-electron chi connectivity index (χ3n) is 1.79. The lowest BCUT2D eigenvalue weighted by Crippen LogP contribution is -2.16. The lowest BCUT2D eigenvalue weighted by molar-refractivity contribution is -0.0682. The van der Waals surface area contributed by atoms with Crippen molar-refractivity contribution in [2.75, 3.05) is 6.61 Å². The summed E-state index contributed by atoms with van der Waals surface area (Å²) in [6.07, 6.45) is -1.42. The molecule has 0 heterocycles. The van der Waals surface area contributed by atoms with Gasteiger partial charge >= 0.3 is 0 Å². The Hall–Kier alpha value is -1.06. The summed E-state index contributed by atoms with van der Waals surface area (Å²) in [6.45, 7) is 3.75. The lowest BCUT2D eigenvalue weighted by atomic mass is 10.1. The van der Waals surface area contributed by atoms with E-state index in [1.165, 1.54) is 0 Å². The number of para-hydroxylation sites is 1. The van der Waals surface area contributed by atoms with E-state index in [1.54, 1.807) is 0 Å². The monoisotopic (exact) mass is 182 g/mol. The molecule has 3 nitrogen and oxygen atoms in total. The van der Waals surface area contributed by atoms with E-state index in [1.807, 2.05) is 32.0 Å². The number of rotatable bonds is 3. The highest BCUT2D eigenvalue weighted by molar-refractivity contribution is 5.39. The predicted octanol–water partition coefficient (Wildman–Crippen LogP) is 0.993. The van der Waals surface area contributed by atoms with Crippen molar-refractivity contribution in [3.63, 3.8) is 0 Å². The second-order valence-corrected chi connectivity index (χ2v) is 3.01. The van der Waals surface area contributed by atoms with Crippen LogP contribution in [0.2, 0.25) is 0 Å². The topological polar surface area (TPSA) is 49.7 Å². The minimum atomic E-state index is -1.42. The first kappa shape index (κ1) is 10.0. The fourth-order valence-corrected chi connectivity index (χ4v) is 1.18. The normalized spacial score (nSPS) is 10.5. The first-order valence-electron chi connectivity index (χ1n) is 4.16. The third-order valence-corrected chi connectivity index (χ3v) is 1.79. The van der Waals surface area contributed by atoms with Gasteiger partial charge in [0, 0.05) is 0 Å². The van der Waals surface area contributed by atoms with Crippen molar-refractivity contribution >= 4 is 0 Å². The minimum Gasteiger partial charge on any atom is -0.488 e. The molecule has 1 aromatic rings. The Morgan fingerprint density at radius 3 is 2.23 bits per heavy atom. The summed E-state index contributed by atoms with van der Waals surface area (Å²) < 4.78 is 5.23. The van der Waals surface area contributed by atoms with E-state index < -0.39 is 6.29 Å². The molecule has 0 aliphatic carbocycles. The Morgan fingerprint density at radius 2 is 1.77 bits per heavy atom. The zero-order chi connectivity index (χ0) is 9.84. The first-order valence-corrected chi connectivity index (χ1v) is 4.16. The van der Waals surface area contributed by atoms with Crippen molar-refractivity contribution in [1.29, 1.82) is 0 Å². The fourth-order valence-electron chi connectivity index (χ4n) is 1.18. The van der Waals surface area contributed by atoms with Crippen molar-refractivity contribution in [2.24, 2.45) is 0 Å². The van der Waals surface area contributed by atoms with Crippen molar-refractivity contribution < 1.29 is 14.9 Å². The SMILES string of the molecule is Cc1cccc(C)c1OCC(O)O. The van der Waals surface area contributed by atoms with Gasteiger partial charge in [0.1, 0.15) is 12.4 Å². The summed E-state index contributed by atoms with van der Waals surface area (Å²) in [6, 6.07) is 5.78. The predicted molar refractivity (Wildman–Crippen MR) is 49.6 cm³/mol. The molecule has 0 spiro atoms. The Morgan fingerprint density at radius 1 is 1.23 bits per heavy atom. The van der Waals surface area contributed by atoms with Gasteiger partial charge in [-0.25, -0.2) is 0 Å². The largest absolute Gasteiger partial charge is 0.488 e. The Balaban J connectivity index is 2.75. The van der Waals surface area contributed by atoms with Gasteiger partial charge in [0.2, 0.25) is 0 Å². The van der Waals surface area contributed by atoms with Gasteiger partial charge in [0.05, 0.1) is 0 Å². The summed E-state index contributed by atoms with van der Waals surface area (Å²) in [5.74, 6) is 0.732. The van der Waals surface area contributed by atoms with Crippen LogP contribution in [0.15, 0.2) is 18.2 Å². The van der Waals surface area contributed by atoms with Crippen LogP contribution >= 0.6 is 0 Å².